The minimum atomic E-state index is -1.26. The molecule has 1 rings (SSSR count). The van der Waals surface area contributed by atoms with E-state index in [1.807, 2.05) is 31.2 Å². The van der Waals surface area contributed by atoms with E-state index in [1.165, 1.54) is 0 Å². The Hall–Kier alpha value is -1.38. The van der Waals surface area contributed by atoms with Crippen LogP contribution in [-0.2, 0) is 20.9 Å². The molecule has 1 aromatic rings. The number of amides is 2. The van der Waals surface area contributed by atoms with Gasteiger partial charge in [-0.25, -0.2) is 4.79 Å². The third kappa shape index (κ3) is 11.1. The molecule has 1 aromatic carbocycles. The maximum atomic E-state index is 12.1. The highest BCUT2D eigenvalue weighted by Crippen LogP contribution is 2.14. The lowest BCUT2D eigenvalue weighted by atomic mass is 10.1. The quantitative estimate of drug-likeness (QED) is 0.489. The van der Waals surface area contributed by atoms with E-state index in [4.69, 9.17) is 15.2 Å². The average Bonchev–Trinajstić information content (AvgIpc) is 2.56. The second-order valence-electron chi connectivity index (χ2n) is 7.84. The van der Waals surface area contributed by atoms with Crippen LogP contribution >= 0.6 is 15.9 Å². The molecule has 0 radical (unpaired) electrons. The molecule has 0 fully saturated rings. The van der Waals surface area contributed by atoms with E-state index in [0.29, 0.717) is 19.6 Å². The van der Waals surface area contributed by atoms with Gasteiger partial charge in [0.25, 0.3) is 0 Å². The molecule has 8 heteroatoms. The van der Waals surface area contributed by atoms with Crippen molar-refractivity contribution < 1.29 is 19.1 Å². The number of hydrogen-bond donors (Lipinski definition) is 2. The van der Waals surface area contributed by atoms with E-state index < -0.39 is 20.1 Å². The third-order valence-electron chi connectivity index (χ3n) is 4.08. The first-order chi connectivity index (χ1) is 12.6. The van der Waals surface area contributed by atoms with Gasteiger partial charge >= 0.3 is 6.09 Å². The number of benzene rings is 1. The van der Waals surface area contributed by atoms with Gasteiger partial charge in [0.05, 0.1) is 25.4 Å². The maximum Gasteiger partial charge on any atom is 0.407 e. The molecule has 2 atom stereocenters. The number of rotatable bonds is 11. The molecule has 152 valence electrons. The van der Waals surface area contributed by atoms with Crippen molar-refractivity contribution in [2.24, 2.45) is 5.73 Å². The molecule has 0 heterocycles. The molecule has 2 unspecified atom stereocenters. The van der Waals surface area contributed by atoms with Crippen LogP contribution in [0.15, 0.2) is 28.7 Å². The summed E-state index contributed by atoms with van der Waals surface area (Å²) in [5.74, 6) is -0.408. The zero-order chi connectivity index (χ0) is 20.4. The molecular formula is C19H31BrN2O4Si. The maximum absolute atomic E-state index is 12.1. The standard InChI is InChI=1S/C19H31BrN2O4Si/c1-14(26-13-15-5-7-16(20)8-6-15)17(9-10-18(21)23)22-19(24)25-11-12-27(2,3)4/h5-8,14,17H,9-13H2,1-4H3,(H2,21,23)(H,22,24). The highest BCUT2D eigenvalue weighted by molar-refractivity contribution is 9.10. The monoisotopic (exact) mass is 458 g/mol. The normalized spacial score (nSPS) is 13.7. The predicted octanol–water partition coefficient (Wildman–Crippen LogP) is 4.05. The van der Waals surface area contributed by atoms with Crippen molar-refractivity contribution in [1.82, 2.24) is 5.32 Å². The second-order valence-corrected chi connectivity index (χ2v) is 14.4. The number of alkyl carbamates (subject to hydrolysis) is 1. The van der Waals surface area contributed by atoms with Crippen molar-refractivity contribution in [2.75, 3.05) is 6.61 Å². The van der Waals surface area contributed by atoms with Crippen molar-refractivity contribution in [3.8, 4) is 0 Å². The van der Waals surface area contributed by atoms with Gasteiger partial charge in [-0.05, 0) is 37.1 Å². The molecule has 0 aliphatic carbocycles. The summed E-state index contributed by atoms with van der Waals surface area (Å²) < 4.78 is 12.2. The number of halogens is 1. The number of carbonyl (C=O) groups excluding carboxylic acids is 2. The summed E-state index contributed by atoms with van der Waals surface area (Å²) in [7, 11) is -1.26. The summed E-state index contributed by atoms with van der Waals surface area (Å²) in [6, 6.07) is 8.37. The Bertz CT molecular complexity index is 605. The van der Waals surface area contributed by atoms with Gasteiger partial charge < -0.3 is 20.5 Å². The molecule has 2 amide bonds. The van der Waals surface area contributed by atoms with Crippen molar-refractivity contribution in [2.45, 2.75) is 64.2 Å². The molecule has 0 spiro atoms. The smallest absolute Gasteiger partial charge is 0.407 e. The fourth-order valence-corrected chi connectivity index (χ4v) is 3.27. The summed E-state index contributed by atoms with van der Waals surface area (Å²) in [6.07, 6.45) is -0.203. The van der Waals surface area contributed by atoms with Crippen LogP contribution in [-0.4, -0.2) is 38.8 Å². The fourth-order valence-electron chi connectivity index (χ4n) is 2.29. The van der Waals surface area contributed by atoms with Gasteiger partial charge in [-0.1, -0.05) is 47.7 Å². The number of ether oxygens (including phenoxy) is 2. The topological polar surface area (TPSA) is 90.6 Å². The number of hydrogen-bond acceptors (Lipinski definition) is 4. The van der Waals surface area contributed by atoms with E-state index >= 15 is 0 Å². The minimum absolute atomic E-state index is 0.172. The van der Waals surface area contributed by atoms with Gasteiger partial charge in [0.15, 0.2) is 0 Å². The molecule has 3 N–H and O–H groups in total. The molecule has 0 aliphatic rings. The van der Waals surface area contributed by atoms with E-state index in [0.717, 1.165) is 16.1 Å². The van der Waals surface area contributed by atoms with E-state index in [1.54, 1.807) is 0 Å². The van der Waals surface area contributed by atoms with Gasteiger partial charge in [0, 0.05) is 19.0 Å². The molecule has 0 saturated heterocycles. The average molecular weight is 459 g/mol. The molecule has 0 aromatic heterocycles. The summed E-state index contributed by atoms with van der Waals surface area (Å²) in [4.78, 5) is 23.2. The molecular weight excluding hydrogens is 428 g/mol. The third-order valence-corrected chi connectivity index (χ3v) is 6.32. The highest BCUT2D eigenvalue weighted by atomic mass is 79.9. The van der Waals surface area contributed by atoms with Gasteiger partial charge in [-0.2, -0.15) is 0 Å². The molecule has 27 heavy (non-hydrogen) atoms. The Morgan fingerprint density at radius 2 is 1.85 bits per heavy atom. The fraction of sp³-hybridized carbons (Fsp3) is 0.579. The Morgan fingerprint density at radius 1 is 1.22 bits per heavy atom. The van der Waals surface area contributed by atoms with Gasteiger partial charge in [-0.3, -0.25) is 4.79 Å². The summed E-state index contributed by atoms with van der Waals surface area (Å²) in [5.41, 5.74) is 6.28. The van der Waals surface area contributed by atoms with Crippen LogP contribution in [0.4, 0.5) is 4.79 Å². The Labute approximate surface area is 171 Å². The first-order valence-electron chi connectivity index (χ1n) is 9.14. The van der Waals surface area contributed by atoms with Crippen molar-refractivity contribution in [3.05, 3.63) is 34.3 Å². The molecule has 0 bridgehead atoms. The summed E-state index contributed by atoms with van der Waals surface area (Å²) >= 11 is 3.40. The Morgan fingerprint density at radius 3 is 2.41 bits per heavy atom. The highest BCUT2D eigenvalue weighted by Gasteiger charge is 2.22. The largest absolute Gasteiger partial charge is 0.450 e. The SMILES string of the molecule is CC(OCc1ccc(Br)cc1)C(CCC(N)=O)NC(=O)OCC[Si](C)(C)C. The number of nitrogens with one attached hydrogen (secondary N) is 1. The molecule has 0 saturated carbocycles. The van der Waals surface area contributed by atoms with Crippen LogP contribution in [0.2, 0.25) is 25.7 Å². The number of nitrogens with two attached hydrogens (primary N) is 1. The van der Waals surface area contributed by atoms with Gasteiger partial charge in [-0.15, -0.1) is 0 Å². The van der Waals surface area contributed by atoms with Crippen LogP contribution in [0.5, 0.6) is 0 Å². The van der Waals surface area contributed by atoms with Crippen molar-refractivity contribution >= 4 is 36.0 Å². The Kier molecular flexibility index (Phi) is 10.0. The lowest BCUT2D eigenvalue weighted by Crippen LogP contribution is -2.44. The van der Waals surface area contributed by atoms with E-state index in [-0.39, 0.29) is 18.6 Å². The van der Waals surface area contributed by atoms with Crippen LogP contribution in [0.25, 0.3) is 0 Å². The number of carbonyl (C=O) groups is 2. The first-order valence-corrected chi connectivity index (χ1v) is 13.6. The van der Waals surface area contributed by atoms with Crippen LogP contribution in [0.1, 0.15) is 25.3 Å². The number of primary amides is 1. The molecule has 6 nitrogen and oxygen atoms in total. The Balaban J connectivity index is 2.56. The van der Waals surface area contributed by atoms with E-state index in [9.17, 15) is 9.59 Å². The zero-order valence-corrected chi connectivity index (χ0v) is 19.2. The van der Waals surface area contributed by atoms with Crippen molar-refractivity contribution in [1.29, 1.82) is 0 Å². The van der Waals surface area contributed by atoms with Crippen LogP contribution < -0.4 is 11.1 Å². The van der Waals surface area contributed by atoms with Crippen LogP contribution in [0.3, 0.4) is 0 Å². The lowest BCUT2D eigenvalue weighted by molar-refractivity contribution is -0.118. The minimum Gasteiger partial charge on any atom is -0.450 e. The first kappa shape index (κ1) is 23.7. The van der Waals surface area contributed by atoms with E-state index in [2.05, 4.69) is 40.9 Å². The summed E-state index contributed by atoms with van der Waals surface area (Å²) in [5, 5.41) is 2.82. The lowest BCUT2D eigenvalue weighted by Gasteiger charge is -2.25. The van der Waals surface area contributed by atoms with Crippen LogP contribution in [0, 0.1) is 0 Å². The van der Waals surface area contributed by atoms with Gasteiger partial charge in [0.1, 0.15) is 0 Å². The predicted molar refractivity (Wildman–Crippen MR) is 113 cm³/mol. The summed E-state index contributed by atoms with van der Waals surface area (Å²) in [6.45, 7) is 9.35. The zero-order valence-electron chi connectivity index (χ0n) is 16.6. The van der Waals surface area contributed by atoms with Crippen molar-refractivity contribution in [3.63, 3.8) is 0 Å². The van der Waals surface area contributed by atoms with Gasteiger partial charge in [0.2, 0.25) is 5.91 Å². The molecule has 0 aliphatic heterocycles. The second kappa shape index (κ2) is 11.5.